The summed E-state index contributed by atoms with van der Waals surface area (Å²) in [4.78, 5) is 0. The summed E-state index contributed by atoms with van der Waals surface area (Å²) >= 11 is 0. The Morgan fingerprint density at radius 2 is 1.84 bits per heavy atom. The summed E-state index contributed by atoms with van der Waals surface area (Å²) in [7, 11) is 0. The first-order valence-electron chi connectivity index (χ1n) is 10.4. The molecular weight excluding hydrogens is 312 g/mol. The monoisotopic (exact) mass is 348 g/mol. The molecule has 3 N–H and O–H groups in total. The van der Waals surface area contributed by atoms with Gasteiger partial charge in [0, 0.05) is 11.8 Å². The molecule has 0 saturated heterocycles. The highest BCUT2D eigenvalue weighted by molar-refractivity contribution is 5.30. The fourth-order valence-electron chi connectivity index (χ4n) is 7.93. The van der Waals surface area contributed by atoms with E-state index in [0.717, 1.165) is 32.1 Å². The smallest absolute Gasteiger partial charge is 0.0737 e. The van der Waals surface area contributed by atoms with Gasteiger partial charge in [-0.15, -0.1) is 0 Å². The molecule has 0 radical (unpaired) electrons. The number of hydrogen-bond acceptors (Lipinski definition) is 3. The van der Waals surface area contributed by atoms with Gasteiger partial charge in [0.05, 0.1) is 17.8 Å². The molecule has 4 aliphatic carbocycles. The predicted octanol–water partition coefficient (Wildman–Crippen LogP) is 3.67. The number of aliphatic hydroxyl groups is 3. The average molecular weight is 349 g/mol. The zero-order valence-electron chi connectivity index (χ0n) is 16.3. The number of aliphatic hydroxyl groups excluding tert-OH is 2. The van der Waals surface area contributed by atoms with Gasteiger partial charge in [0.2, 0.25) is 0 Å². The first kappa shape index (κ1) is 18.0. The first-order valence-corrected chi connectivity index (χ1v) is 10.4. The van der Waals surface area contributed by atoms with Crippen LogP contribution in [0.4, 0.5) is 0 Å². The van der Waals surface area contributed by atoms with Crippen molar-refractivity contribution in [1.29, 1.82) is 0 Å². The van der Waals surface area contributed by atoms with Crippen molar-refractivity contribution in [3.63, 3.8) is 0 Å². The molecule has 0 bridgehead atoms. The van der Waals surface area contributed by atoms with Gasteiger partial charge in [-0.2, -0.15) is 0 Å². The second-order valence-corrected chi connectivity index (χ2v) is 10.3. The van der Waals surface area contributed by atoms with Gasteiger partial charge in [0.1, 0.15) is 0 Å². The Bertz CT molecular complexity index is 580. The van der Waals surface area contributed by atoms with Crippen LogP contribution in [-0.4, -0.2) is 33.1 Å². The summed E-state index contributed by atoms with van der Waals surface area (Å²) in [5.41, 5.74) is 0.498. The molecule has 3 saturated carbocycles. The second-order valence-electron chi connectivity index (χ2n) is 10.3. The van der Waals surface area contributed by atoms with E-state index in [0.29, 0.717) is 30.1 Å². The maximum atomic E-state index is 11.3. The molecule has 3 unspecified atom stereocenters. The lowest BCUT2D eigenvalue weighted by molar-refractivity contribution is -0.159. The Morgan fingerprint density at radius 3 is 2.52 bits per heavy atom. The lowest BCUT2D eigenvalue weighted by Gasteiger charge is -2.62. The van der Waals surface area contributed by atoms with Crippen molar-refractivity contribution >= 4 is 0 Å². The molecule has 0 aromatic rings. The summed E-state index contributed by atoms with van der Waals surface area (Å²) in [5.74, 6) is 2.19. The van der Waals surface area contributed by atoms with E-state index in [2.05, 4.69) is 19.9 Å². The molecule has 3 fully saturated rings. The third-order valence-corrected chi connectivity index (χ3v) is 9.35. The zero-order chi connectivity index (χ0) is 18.2. The van der Waals surface area contributed by atoms with Crippen molar-refractivity contribution in [2.24, 2.45) is 34.5 Å². The largest absolute Gasteiger partial charge is 0.393 e. The Hall–Kier alpha value is -0.380. The van der Waals surface area contributed by atoms with Gasteiger partial charge < -0.3 is 15.3 Å². The van der Waals surface area contributed by atoms with Crippen LogP contribution in [0.2, 0.25) is 0 Å². The van der Waals surface area contributed by atoms with Crippen LogP contribution in [-0.2, 0) is 0 Å². The minimum Gasteiger partial charge on any atom is -0.393 e. The standard InChI is InChI=1S/C22H36O3/c1-13(23)17-7-8-18-16-6-5-14-11-15(24)12-21(3,25)22(14,4)19(16)9-10-20(17,18)2/h5,13,15-19,23-25H,6-12H2,1-4H3/t13?,15?,16-,17+,18-,19-,20+,21?,22-/m0/s1. The van der Waals surface area contributed by atoms with E-state index in [1.54, 1.807) is 0 Å². The zero-order valence-corrected chi connectivity index (χ0v) is 16.3. The average Bonchev–Trinajstić information content (AvgIpc) is 2.85. The molecule has 25 heavy (non-hydrogen) atoms. The van der Waals surface area contributed by atoms with Crippen LogP contribution in [0.3, 0.4) is 0 Å². The Morgan fingerprint density at radius 1 is 1.12 bits per heavy atom. The Balaban J connectivity index is 1.72. The van der Waals surface area contributed by atoms with E-state index in [-0.39, 0.29) is 16.9 Å². The second kappa shape index (κ2) is 5.56. The summed E-state index contributed by atoms with van der Waals surface area (Å²) in [6.45, 7) is 8.61. The van der Waals surface area contributed by atoms with Crippen LogP contribution in [0, 0.1) is 34.5 Å². The van der Waals surface area contributed by atoms with Gasteiger partial charge >= 0.3 is 0 Å². The molecule has 3 nitrogen and oxygen atoms in total. The Labute approximate surface area is 152 Å². The molecule has 0 amide bonds. The molecule has 4 aliphatic rings. The van der Waals surface area contributed by atoms with E-state index in [1.807, 2.05) is 13.8 Å². The van der Waals surface area contributed by atoms with Gasteiger partial charge in [-0.25, -0.2) is 0 Å². The fraction of sp³-hybridized carbons (Fsp3) is 0.909. The normalized spacial score (nSPS) is 56.4. The van der Waals surface area contributed by atoms with Gasteiger partial charge in [0.25, 0.3) is 0 Å². The van der Waals surface area contributed by atoms with Crippen molar-refractivity contribution < 1.29 is 15.3 Å². The van der Waals surface area contributed by atoms with Gasteiger partial charge in [0.15, 0.2) is 0 Å². The molecule has 9 atom stereocenters. The topological polar surface area (TPSA) is 60.7 Å². The van der Waals surface area contributed by atoms with Crippen LogP contribution in [0.25, 0.3) is 0 Å². The van der Waals surface area contributed by atoms with Crippen LogP contribution in [0.5, 0.6) is 0 Å². The minimum absolute atomic E-state index is 0.209. The predicted molar refractivity (Wildman–Crippen MR) is 98.9 cm³/mol. The summed E-state index contributed by atoms with van der Waals surface area (Å²) in [6, 6.07) is 0. The van der Waals surface area contributed by atoms with Crippen LogP contribution in [0.15, 0.2) is 11.6 Å². The number of fused-ring (bicyclic) bond motifs is 5. The number of allylic oxidation sites excluding steroid dienone is 1. The molecule has 0 aromatic carbocycles. The SMILES string of the molecule is CC(O)[C@H]1CC[C@H]2[C@@H]3CC=C4CC(O)CC(C)(O)[C@]4(C)[C@H]3CC[C@]12C. The van der Waals surface area contributed by atoms with Gasteiger partial charge in [-0.1, -0.05) is 25.5 Å². The van der Waals surface area contributed by atoms with E-state index in [4.69, 9.17) is 0 Å². The molecule has 0 spiro atoms. The first-order chi connectivity index (χ1) is 11.6. The van der Waals surface area contributed by atoms with Crippen LogP contribution < -0.4 is 0 Å². The maximum Gasteiger partial charge on any atom is 0.0737 e. The van der Waals surface area contributed by atoms with Crippen molar-refractivity contribution in [3.05, 3.63) is 11.6 Å². The van der Waals surface area contributed by atoms with Crippen LogP contribution in [0.1, 0.15) is 72.6 Å². The summed E-state index contributed by atoms with van der Waals surface area (Å²) < 4.78 is 0. The lowest BCUT2D eigenvalue weighted by Crippen LogP contribution is -2.60. The van der Waals surface area contributed by atoms with E-state index >= 15 is 0 Å². The number of hydrogen-bond donors (Lipinski definition) is 3. The minimum atomic E-state index is -0.837. The van der Waals surface area contributed by atoms with Gasteiger partial charge in [-0.3, -0.25) is 0 Å². The third kappa shape index (κ3) is 2.28. The van der Waals surface area contributed by atoms with Crippen LogP contribution >= 0.6 is 0 Å². The van der Waals surface area contributed by atoms with E-state index in [1.165, 1.54) is 12.0 Å². The lowest BCUT2D eigenvalue weighted by atomic mass is 9.44. The molecule has 0 aromatic heterocycles. The van der Waals surface area contributed by atoms with Crippen molar-refractivity contribution in [3.8, 4) is 0 Å². The molecule has 3 heteroatoms. The summed E-state index contributed by atoms with van der Waals surface area (Å²) in [5, 5.41) is 31.9. The third-order valence-electron chi connectivity index (χ3n) is 9.35. The molecule has 142 valence electrons. The molecule has 4 rings (SSSR count). The number of rotatable bonds is 1. The highest BCUT2D eigenvalue weighted by Gasteiger charge is 2.63. The highest BCUT2D eigenvalue weighted by Crippen LogP contribution is 2.68. The maximum absolute atomic E-state index is 11.3. The molecular formula is C22H36O3. The highest BCUT2D eigenvalue weighted by atomic mass is 16.3. The molecule has 0 aliphatic heterocycles. The van der Waals surface area contributed by atoms with E-state index in [9.17, 15) is 15.3 Å². The van der Waals surface area contributed by atoms with Crippen molar-refractivity contribution in [2.45, 2.75) is 90.4 Å². The molecule has 0 heterocycles. The van der Waals surface area contributed by atoms with Crippen molar-refractivity contribution in [2.75, 3.05) is 0 Å². The van der Waals surface area contributed by atoms with Gasteiger partial charge in [-0.05, 0) is 81.5 Å². The van der Waals surface area contributed by atoms with E-state index < -0.39 is 11.7 Å². The quantitative estimate of drug-likeness (QED) is 0.634. The Kier molecular flexibility index (Phi) is 4.00. The van der Waals surface area contributed by atoms with Crippen molar-refractivity contribution in [1.82, 2.24) is 0 Å². The fourth-order valence-corrected chi connectivity index (χ4v) is 7.93. The summed E-state index contributed by atoms with van der Waals surface area (Å²) in [6.07, 6.45) is 8.70.